The summed E-state index contributed by atoms with van der Waals surface area (Å²) < 4.78 is 0. The van der Waals surface area contributed by atoms with E-state index in [1.165, 1.54) is 10.9 Å². The van der Waals surface area contributed by atoms with Gasteiger partial charge in [-0.05, 0) is 48.4 Å². The van der Waals surface area contributed by atoms with E-state index < -0.39 is 0 Å². The van der Waals surface area contributed by atoms with Crippen molar-refractivity contribution in [2.45, 2.75) is 25.3 Å². The Morgan fingerprint density at radius 2 is 2.19 bits per heavy atom. The van der Waals surface area contributed by atoms with Gasteiger partial charge in [0.05, 0.1) is 11.7 Å². The van der Waals surface area contributed by atoms with Gasteiger partial charge in [-0.15, -0.1) is 0 Å². The number of aromatic nitrogens is 3. The van der Waals surface area contributed by atoms with Crippen LogP contribution in [0, 0.1) is 0 Å². The Bertz CT molecular complexity index is 1080. The van der Waals surface area contributed by atoms with Gasteiger partial charge in [-0.25, -0.2) is 0 Å². The average molecular weight is 362 g/mol. The predicted octanol–water partition coefficient (Wildman–Crippen LogP) is 4.43. The van der Waals surface area contributed by atoms with Crippen LogP contribution in [0.1, 0.15) is 40.6 Å². The van der Waals surface area contributed by atoms with Crippen LogP contribution in [-0.2, 0) is 6.42 Å². The van der Waals surface area contributed by atoms with Crippen molar-refractivity contribution in [2.75, 3.05) is 0 Å². The van der Waals surface area contributed by atoms with Crippen molar-refractivity contribution < 1.29 is 4.79 Å². The molecule has 5 nitrogen and oxygen atoms in total. The van der Waals surface area contributed by atoms with Gasteiger partial charge >= 0.3 is 0 Å². The normalized spacial score (nSPS) is 16.5. The van der Waals surface area contributed by atoms with Crippen molar-refractivity contribution in [1.29, 1.82) is 0 Å². The molecule has 4 aromatic rings. The molecule has 1 aliphatic carbocycles. The fourth-order valence-corrected chi connectivity index (χ4v) is 4.44. The molecule has 0 saturated carbocycles. The van der Waals surface area contributed by atoms with Gasteiger partial charge in [0.25, 0.3) is 5.91 Å². The van der Waals surface area contributed by atoms with Crippen LogP contribution >= 0.6 is 11.3 Å². The highest BCUT2D eigenvalue weighted by molar-refractivity contribution is 7.08. The first-order valence-corrected chi connectivity index (χ1v) is 9.72. The second-order valence-corrected chi connectivity index (χ2v) is 7.44. The largest absolute Gasteiger partial charge is 0.356 e. The number of para-hydroxylation sites is 1. The minimum atomic E-state index is -0.115. The summed E-state index contributed by atoms with van der Waals surface area (Å²) >= 11 is 1.62. The topological polar surface area (TPSA) is 73.6 Å². The summed E-state index contributed by atoms with van der Waals surface area (Å²) in [5.41, 5.74) is 5.94. The highest BCUT2D eigenvalue weighted by Crippen LogP contribution is 2.34. The van der Waals surface area contributed by atoms with E-state index in [2.05, 4.69) is 38.7 Å². The first kappa shape index (κ1) is 15.4. The van der Waals surface area contributed by atoms with Crippen molar-refractivity contribution >= 4 is 28.1 Å². The molecule has 0 bridgehead atoms. The summed E-state index contributed by atoms with van der Waals surface area (Å²) in [5.74, 6) is -0.115. The molecule has 1 aromatic carbocycles. The number of amides is 1. The lowest BCUT2D eigenvalue weighted by Gasteiger charge is -2.23. The molecule has 3 aromatic heterocycles. The minimum absolute atomic E-state index is 0.00606. The number of hydrogen-bond acceptors (Lipinski definition) is 3. The number of nitrogens with one attached hydrogen (secondary N) is 3. The van der Waals surface area contributed by atoms with Gasteiger partial charge in [0.1, 0.15) is 5.69 Å². The van der Waals surface area contributed by atoms with Crippen LogP contribution in [0.15, 0.2) is 47.2 Å². The van der Waals surface area contributed by atoms with Crippen molar-refractivity contribution in [1.82, 2.24) is 20.5 Å². The lowest BCUT2D eigenvalue weighted by molar-refractivity contribution is 0.0927. The van der Waals surface area contributed by atoms with Gasteiger partial charge in [0, 0.05) is 27.5 Å². The summed E-state index contributed by atoms with van der Waals surface area (Å²) in [6, 6.07) is 12.2. The number of benzene rings is 1. The zero-order valence-electron chi connectivity index (χ0n) is 14.1. The summed E-state index contributed by atoms with van der Waals surface area (Å²) in [5, 5.41) is 15.6. The van der Waals surface area contributed by atoms with E-state index in [4.69, 9.17) is 0 Å². The Labute approximate surface area is 154 Å². The van der Waals surface area contributed by atoms with E-state index in [0.717, 1.165) is 41.7 Å². The van der Waals surface area contributed by atoms with Gasteiger partial charge in [0.15, 0.2) is 0 Å². The van der Waals surface area contributed by atoms with Gasteiger partial charge in [-0.1, -0.05) is 18.2 Å². The molecule has 1 aliphatic rings. The molecular weight excluding hydrogens is 344 g/mol. The first-order chi connectivity index (χ1) is 12.8. The second-order valence-electron chi connectivity index (χ2n) is 6.66. The van der Waals surface area contributed by atoms with Crippen LogP contribution < -0.4 is 5.32 Å². The molecule has 6 heteroatoms. The molecule has 0 fully saturated rings. The molecule has 130 valence electrons. The Hall–Kier alpha value is -2.86. The maximum atomic E-state index is 12.7. The lowest BCUT2D eigenvalue weighted by Crippen LogP contribution is -2.31. The molecule has 1 amide bonds. The molecule has 26 heavy (non-hydrogen) atoms. The van der Waals surface area contributed by atoms with Crippen molar-refractivity contribution in [3.63, 3.8) is 0 Å². The summed E-state index contributed by atoms with van der Waals surface area (Å²) in [4.78, 5) is 16.2. The lowest BCUT2D eigenvalue weighted by atomic mass is 9.91. The van der Waals surface area contributed by atoms with Crippen LogP contribution in [0.25, 0.3) is 22.2 Å². The summed E-state index contributed by atoms with van der Waals surface area (Å²) in [6.45, 7) is 0. The number of H-pyrrole nitrogens is 2. The van der Waals surface area contributed by atoms with Crippen LogP contribution in [-0.4, -0.2) is 21.1 Å². The van der Waals surface area contributed by atoms with Crippen LogP contribution in [0.5, 0.6) is 0 Å². The number of carbonyl (C=O) groups excluding carboxylic acids is 1. The third-order valence-electron chi connectivity index (χ3n) is 5.06. The maximum absolute atomic E-state index is 12.7. The van der Waals surface area contributed by atoms with Gasteiger partial charge in [-0.2, -0.15) is 16.4 Å². The molecule has 1 atom stereocenters. The van der Waals surface area contributed by atoms with Crippen molar-refractivity contribution in [3.05, 3.63) is 64.1 Å². The molecule has 3 heterocycles. The number of thiophene rings is 1. The molecular formula is C20H18N4OS. The molecule has 0 unspecified atom stereocenters. The van der Waals surface area contributed by atoms with Gasteiger partial charge in [0.2, 0.25) is 0 Å². The molecule has 0 spiro atoms. The fraction of sp³-hybridized carbons (Fsp3) is 0.200. The average Bonchev–Trinajstić information content (AvgIpc) is 3.40. The molecule has 3 N–H and O–H groups in total. The molecule has 0 aliphatic heterocycles. The third kappa shape index (κ3) is 2.54. The Balaban J connectivity index is 1.41. The molecule has 5 rings (SSSR count). The zero-order valence-corrected chi connectivity index (χ0v) is 14.9. The van der Waals surface area contributed by atoms with Gasteiger partial charge in [-0.3, -0.25) is 9.89 Å². The SMILES string of the molecule is O=C(N[C@H]1CCCc2c1[nH]c1ccccc21)c1cc(-c2ccsc2)n[nH]1. The Kier molecular flexibility index (Phi) is 3.64. The third-order valence-corrected chi connectivity index (χ3v) is 5.74. The molecule has 0 saturated heterocycles. The standard InChI is InChI=1S/C20H18N4OS/c25-20(18-10-17(23-24-18)12-8-9-26-11-12)22-16-7-3-5-14-13-4-1-2-6-15(13)21-19(14)16/h1-2,4,6,8-11,16,21H,3,5,7H2,(H,22,25)(H,23,24)/t16-/m0/s1. The summed E-state index contributed by atoms with van der Waals surface area (Å²) in [7, 11) is 0. The van der Waals surface area contributed by atoms with E-state index in [0.29, 0.717) is 5.69 Å². The minimum Gasteiger partial charge on any atom is -0.356 e. The Morgan fingerprint density at radius 1 is 1.27 bits per heavy atom. The van der Waals surface area contributed by atoms with Crippen molar-refractivity contribution in [2.24, 2.45) is 0 Å². The van der Waals surface area contributed by atoms with E-state index in [1.54, 1.807) is 11.3 Å². The van der Waals surface area contributed by atoms with Crippen LogP contribution in [0.3, 0.4) is 0 Å². The van der Waals surface area contributed by atoms with Crippen molar-refractivity contribution in [3.8, 4) is 11.3 Å². The summed E-state index contributed by atoms with van der Waals surface area (Å²) in [6.07, 6.45) is 3.07. The van der Waals surface area contributed by atoms with E-state index in [-0.39, 0.29) is 11.9 Å². The number of nitrogens with zero attached hydrogens (tertiary/aromatic N) is 1. The van der Waals surface area contributed by atoms with E-state index >= 15 is 0 Å². The van der Waals surface area contributed by atoms with E-state index in [1.807, 2.05) is 29.0 Å². The second kappa shape index (κ2) is 6.14. The fourth-order valence-electron chi connectivity index (χ4n) is 3.79. The maximum Gasteiger partial charge on any atom is 0.269 e. The predicted molar refractivity (Wildman–Crippen MR) is 103 cm³/mol. The number of rotatable bonds is 3. The highest BCUT2D eigenvalue weighted by Gasteiger charge is 2.26. The van der Waals surface area contributed by atoms with E-state index in [9.17, 15) is 4.79 Å². The van der Waals surface area contributed by atoms with Gasteiger partial charge < -0.3 is 10.3 Å². The number of aromatic amines is 2. The highest BCUT2D eigenvalue weighted by atomic mass is 32.1. The Morgan fingerprint density at radius 3 is 3.08 bits per heavy atom. The van der Waals surface area contributed by atoms with Crippen LogP contribution in [0.4, 0.5) is 0 Å². The number of fused-ring (bicyclic) bond motifs is 3. The number of carbonyl (C=O) groups is 1. The number of aryl methyl sites for hydroxylation is 1. The zero-order chi connectivity index (χ0) is 17.5. The first-order valence-electron chi connectivity index (χ1n) is 8.78. The quantitative estimate of drug-likeness (QED) is 0.504. The van der Waals surface area contributed by atoms with Crippen LogP contribution in [0.2, 0.25) is 0 Å². The monoisotopic (exact) mass is 362 g/mol. The number of hydrogen-bond donors (Lipinski definition) is 3. The molecule has 0 radical (unpaired) electrons. The smallest absolute Gasteiger partial charge is 0.269 e.